The topological polar surface area (TPSA) is 22.1 Å². The number of halogens is 3. The molecule has 0 aromatic carbocycles. The summed E-state index contributed by atoms with van der Waals surface area (Å²) in [5.41, 5.74) is -0.799. The minimum absolute atomic E-state index is 0.0778. The van der Waals surface area contributed by atoms with Crippen LogP contribution in [-0.2, 0) is 6.18 Å². The number of alkyl halides is 3. The Labute approximate surface area is 78.7 Å². The molecule has 2 rings (SSSR count). The monoisotopic (exact) mass is 203 g/mol. The highest BCUT2D eigenvalue weighted by Crippen LogP contribution is 2.37. The minimum Gasteiger partial charge on any atom is -0.474 e. The SMILES string of the molecule is FC(F)(F)c1cccnc1OC1CC1. The second kappa shape index (κ2) is 3.15. The fourth-order valence-electron chi connectivity index (χ4n) is 1.04. The van der Waals surface area contributed by atoms with Crippen LogP contribution < -0.4 is 4.74 Å². The van der Waals surface area contributed by atoms with Crippen molar-refractivity contribution < 1.29 is 17.9 Å². The molecule has 1 fully saturated rings. The molecule has 0 N–H and O–H groups in total. The van der Waals surface area contributed by atoms with E-state index in [1.165, 1.54) is 12.3 Å². The van der Waals surface area contributed by atoms with Gasteiger partial charge in [0.1, 0.15) is 11.7 Å². The number of ether oxygens (including phenoxy) is 1. The number of pyridine rings is 1. The summed E-state index contributed by atoms with van der Waals surface area (Å²) in [5, 5.41) is 0. The molecule has 0 aliphatic heterocycles. The summed E-state index contributed by atoms with van der Waals surface area (Å²) in [7, 11) is 0. The molecule has 76 valence electrons. The van der Waals surface area contributed by atoms with Gasteiger partial charge in [-0.1, -0.05) is 0 Å². The molecule has 2 nitrogen and oxygen atoms in total. The van der Waals surface area contributed by atoms with Gasteiger partial charge in [0.05, 0.1) is 0 Å². The molecular weight excluding hydrogens is 195 g/mol. The zero-order chi connectivity index (χ0) is 10.2. The Morgan fingerprint density at radius 2 is 2.07 bits per heavy atom. The molecule has 0 spiro atoms. The van der Waals surface area contributed by atoms with Crippen LogP contribution in [0.4, 0.5) is 13.2 Å². The molecule has 1 aromatic rings. The first-order chi connectivity index (χ1) is 6.57. The summed E-state index contributed by atoms with van der Waals surface area (Å²) in [6.45, 7) is 0. The molecule has 0 atom stereocenters. The van der Waals surface area contributed by atoms with Crippen LogP contribution in [0.5, 0.6) is 5.88 Å². The second-order valence-corrected chi connectivity index (χ2v) is 3.17. The highest BCUT2D eigenvalue weighted by molar-refractivity contribution is 5.28. The molecule has 14 heavy (non-hydrogen) atoms. The Balaban J connectivity index is 2.27. The normalized spacial score (nSPS) is 16.8. The van der Waals surface area contributed by atoms with Gasteiger partial charge in [0, 0.05) is 6.20 Å². The van der Waals surface area contributed by atoms with Crippen molar-refractivity contribution in [1.29, 1.82) is 0 Å². The fourth-order valence-corrected chi connectivity index (χ4v) is 1.04. The zero-order valence-corrected chi connectivity index (χ0v) is 7.21. The molecule has 1 heterocycles. The highest BCUT2D eigenvalue weighted by Gasteiger charge is 2.36. The Morgan fingerprint density at radius 3 is 2.64 bits per heavy atom. The van der Waals surface area contributed by atoms with Gasteiger partial charge >= 0.3 is 6.18 Å². The summed E-state index contributed by atoms with van der Waals surface area (Å²) >= 11 is 0. The smallest absolute Gasteiger partial charge is 0.421 e. The van der Waals surface area contributed by atoms with Crippen LogP contribution in [-0.4, -0.2) is 11.1 Å². The molecule has 0 amide bonds. The number of hydrogen-bond donors (Lipinski definition) is 0. The molecule has 1 saturated carbocycles. The zero-order valence-electron chi connectivity index (χ0n) is 7.21. The van der Waals surface area contributed by atoms with Gasteiger partial charge in [-0.2, -0.15) is 13.2 Å². The van der Waals surface area contributed by atoms with E-state index in [-0.39, 0.29) is 12.0 Å². The maximum atomic E-state index is 12.4. The van der Waals surface area contributed by atoms with Crippen molar-refractivity contribution in [2.24, 2.45) is 0 Å². The van der Waals surface area contributed by atoms with Crippen molar-refractivity contribution in [3.8, 4) is 5.88 Å². The van der Waals surface area contributed by atoms with E-state index >= 15 is 0 Å². The highest BCUT2D eigenvalue weighted by atomic mass is 19.4. The Hall–Kier alpha value is -1.26. The van der Waals surface area contributed by atoms with E-state index in [9.17, 15) is 13.2 Å². The third-order valence-corrected chi connectivity index (χ3v) is 1.88. The first kappa shape index (κ1) is 9.30. The van der Waals surface area contributed by atoms with Crippen molar-refractivity contribution in [1.82, 2.24) is 4.98 Å². The molecule has 1 aromatic heterocycles. The van der Waals surface area contributed by atoms with Crippen LogP contribution in [0.1, 0.15) is 18.4 Å². The average molecular weight is 203 g/mol. The van der Waals surface area contributed by atoms with Gasteiger partial charge in [0.25, 0.3) is 0 Å². The van der Waals surface area contributed by atoms with Crippen LogP contribution in [0.25, 0.3) is 0 Å². The van der Waals surface area contributed by atoms with E-state index in [1.54, 1.807) is 0 Å². The minimum atomic E-state index is -4.39. The third kappa shape index (κ3) is 1.97. The maximum absolute atomic E-state index is 12.4. The van der Waals surface area contributed by atoms with Gasteiger partial charge in [-0.25, -0.2) is 4.98 Å². The number of nitrogens with zero attached hydrogens (tertiary/aromatic N) is 1. The molecule has 0 unspecified atom stereocenters. The van der Waals surface area contributed by atoms with Crippen LogP contribution in [0, 0.1) is 0 Å². The van der Waals surface area contributed by atoms with Gasteiger partial charge in [-0.15, -0.1) is 0 Å². The Morgan fingerprint density at radius 1 is 1.36 bits per heavy atom. The molecule has 0 bridgehead atoms. The number of hydrogen-bond acceptors (Lipinski definition) is 2. The van der Waals surface area contributed by atoms with Crippen LogP contribution in [0.15, 0.2) is 18.3 Å². The first-order valence-corrected chi connectivity index (χ1v) is 4.26. The van der Waals surface area contributed by atoms with E-state index in [2.05, 4.69) is 4.98 Å². The van der Waals surface area contributed by atoms with Crippen molar-refractivity contribution in [3.63, 3.8) is 0 Å². The summed E-state index contributed by atoms with van der Waals surface area (Å²) in [6.07, 6.45) is -1.54. The largest absolute Gasteiger partial charge is 0.474 e. The lowest BCUT2D eigenvalue weighted by Crippen LogP contribution is -2.10. The predicted octanol–water partition coefficient (Wildman–Crippen LogP) is 2.64. The van der Waals surface area contributed by atoms with Gasteiger partial charge in [-0.05, 0) is 25.0 Å². The van der Waals surface area contributed by atoms with Gasteiger partial charge in [0.15, 0.2) is 0 Å². The maximum Gasteiger partial charge on any atom is 0.421 e. The molecule has 1 aliphatic carbocycles. The lowest BCUT2D eigenvalue weighted by molar-refractivity contribution is -0.139. The third-order valence-electron chi connectivity index (χ3n) is 1.88. The number of rotatable bonds is 2. The van der Waals surface area contributed by atoms with Gasteiger partial charge < -0.3 is 4.74 Å². The van der Waals surface area contributed by atoms with E-state index in [1.807, 2.05) is 0 Å². The van der Waals surface area contributed by atoms with Crippen LogP contribution in [0.2, 0.25) is 0 Å². The summed E-state index contributed by atoms with van der Waals surface area (Å²) in [4.78, 5) is 3.58. The average Bonchev–Trinajstić information content (AvgIpc) is 2.87. The van der Waals surface area contributed by atoms with Crippen LogP contribution >= 0.6 is 0 Å². The lowest BCUT2D eigenvalue weighted by Gasteiger charge is -2.11. The quantitative estimate of drug-likeness (QED) is 0.737. The van der Waals surface area contributed by atoms with Gasteiger partial charge in [-0.3, -0.25) is 0 Å². The van der Waals surface area contributed by atoms with E-state index in [0.717, 1.165) is 18.9 Å². The molecule has 1 aliphatic rings. The van der Waals surface area contributed by atoms with Crippen molar-refractivity contribution in [2.75, 3.05) is 0 Å². The van der Waals surface area contributed by atoms with E-state index in [0.29, 0.717) is 0 Å². The molecule has 0 radical (unpaired) electrons. The molecule has 5 heteroatoms. The lowest BCUT2D eigenvalue weighted by atomic mass is 10.2. The van der Waals surface area contributed by atoms with E-state index in [4.69, 9.17) is 4.74 Å². The summed E-state index contributed by atoms with van der Waals surface area (Å²) < 4.78 is 42.2. The summed E-state index contributed by atoms with van der Waals surface area (Å²) in [6, 6.07) is 2.23. The number of aromatic nitrogens is 1. The van der Waals surface area contributed by atoms with Crippen molar-refractivity contribution >= 4 is 0 Å². The predicted molar refractivity (Wildman–Crippen MR) is 42.9 cm³/mol. The Kier molecular flexibility index (Phi) is 2.09. The Bertz CT molecular complexity index is 333. The molecule has 0 saturated heterocycles. The molecular formula is C9H8F3NO. The fraction of sp³-hybridized carbons (Fsp3) is 0.444. The standard InChI is InChI=1S/C9H8F3NO/c10-9(11,12)7-2-1-5-13-8(7)14-6-3-4-6/h1-2,5-6H,3-4H2. The van der Waals surface area contributed by atoms with Crippen molar-refractivity contribution in [3.05, 3.63) is 23.9 Å². The van der Waals surface area contributed by atoms with Gasteiger partial charge in [0.2, 0.25) is 5.88 Å². The van der Waals surface area contributed by atoms with E-state index < -0.39 is 11.7 Å². The van der Waals surface area contributed by atoms with Crippen molar-refractivity contribution in [2.45, 2.75) is 25.1 Å². The second-order valence-electron chi connectivity index (χ2n) is 3.17. The van der Waals surface area contributed by atoms with Crippen LogP contribution in [0.3, 0.4) is 0 Å². The first-order valence-electron chi connectivity index (χ1n) is 4.26. The summed E-state index contributed by atoms with van der Waals surface area (Å²) in [5.74, 6) is -0.303.